The summed E-state index contributed by atoms with van der Waals surface area (Å²) in [5.41, 5.74) is 8.07. The van der Waals surface area contributed by atoms with Crippen LogP contribution in [0, 0.1) is 6.92 Å². The molecule has 0 radical (unpaired) electrons. The second-order valence-electron chi connectivity index (χ2n) is 4.02. The lowest BCUT2D eigenvalue weighted by Gasteiger charge is -2.19. The first-order valence-electron chi connectivity index (χ1n) is 5.03. The van der Waals surface area contributed by atoms with E-state index in [1.165, 1.54) is 0 Å². The van der Waals surface area contributed by atoms with Crippen LogP contribution in [0.4, 0.5) is 11.4 Å². The van der Waals surface area contributed by atoms with E-state index in [2.05, 4.69) is 12.6 Å². The van der Waals surface area contributed by atoms with Crippen molar-refractivity contribution in [3.8, 4) is 0 Å². The van der Waals surface area contributed by atoms with Crippen LogP contribution < -0.4 is 10.6 Å². The van der Waals surface area contributed by atoms with E-state index < -0.39 is 0 Å². The standard InChI is InChI=1S/C11H13ClN2OS/c1-6-2-10(9(13)4-8(6)12)14-5-7(16)3-11(14)15/h2,4,7,16H,3,5,13H2,1H3. The molecule has 0 spiro atoms. The van der Waals surface area contributed by atoms with Gasteiger partial charge in [0.15, 0.2) is 0 Å². The van der Waals surface area contributed by atoms with Crippen molar-refractivity contribution in [3.63, 3.8) is 0 Å². The van der Waals surface area contributed by atoms with Crippen molar-refractivity contribution in [3.05, 3.63) is 22.7 Å². The number of nitrogen functional groups attached to an aromatic ring is 1. The van der Waals surface area contributed by atoms with Gasteiger partial charge in [-0.15, -0.1) is 0 Å². The minimum atomic E-state index is 0.0634. The number of hydrogen-bond donors (Lipinski definition) is 2. The Bertz CT molecular complexity index is 450. The second-order valence-corrected chi connectivity index (χ2v) is 5.16. The molecule has 1 aromatic rings. The molecular formula is C11H13ClN2OS. The molecule has 1 aromatic carbocycles. The van der Waals surface area contributed by atoms with E-state index in [4.69, 9.17) is 17.3 Å². The van der Waals surface area contributed by atoms with Gasteiger partial charge < -0.3 is 10.6 Å². The van der Waals surface area contributed by atoms with Gasteiger partial charge in [0.1, 0.15) is 0 Å². The summed E-state index contributed by atoms with van der Waals surface area (Å²) in [6.07, 6.45) is 0.463. The third-order valence-electron chi connectivity index (χ3n) is 2.70. The number of thiol groups is 1. The zero-order valence-corrected chi connectivity index (χ0v) is 10.6. The third-order valence-corrected chi connectivity index (χ3v) is 3.46. The molecule has 0 aliphatic carbocycles. The molecule has 1 amide bonds. The molecule has 0 aromatic heterocycles. The molecule has 1 unspecified atom stereocenters. The van der Waals surface area contributed by atoms with E-state index >= 15 is 0 Å². The SMILES string of the molecule is Cc1cc(N2CC(S)CC2=O)c(N)cc1Cl. The van der Waals surface area contributed by atoms with Gasteiger partial charge in [-0.1, -0.05) is 11.6 Å². The van der Waals surface area contributed by atoms with Crippen LogP contribution in [0.5, 0.6) is 0 Å². The fourth-order valence-electron chi connectivity index (χ4n) is 1.84. The number of anilines is 2. The van der Waals surface area contributed by atoms with E-state index in [0.717, 1.165) is 11.3 Å². The minimum Gasteiger partial charge on any atom is -0.397 e. The second kappa shape index (κ2) is 4.18. The van der Waals surface area contributed by atoms with Crippen molar-refractivity contribution < 1.29 is 4.79 Å². The van der Waals surface area contributed by atoms with Crippen LogP contribution in [0.1, 0.15) is 12.0 Å². The number of rotatable bonds is 1. The largest absolute Gasteiger partial charge is 0.397 e. The number of nitrogens with zero attached hydrogens (tertiary/aromatic N) is 1. The maximum atomic E-state index is 11.7. The molecular weight excluding hydrogens is 244 g/mol. The molecule has 1 fully saturated rings. The van der Waals surface area contributed by atoms with Crippen molar-refractivity contribution in [2.45, 2.75) is 18.6 Å². The molecule has 0 bridgehead atoms. The molecule has 1 atom stereocenters. The van der Waals surface area contributed by atoms with Gasteiger partial charge in [0.2, 0.25) is 5.91 Å². The number of carbonyl (C=O) groups is 1. The number of carbonyl (C=O) groups excluding carboxylic acids is 1. The highest BCUT2D eigenvalue weighted by Crippen LogP contribution is 2.33. The number of benzene rings is 1. The van der Waals surface area contributed by atoms with Crippen molar-refractivity contribution in [1.29, 1.82) is 0 Å². The van der Waals surface area contributed by atoms with Crippen LogP contribution in [0.15, 0.2) is 12.1 Å². The number of hydrogen-bond acceptors (Lipinski definition) is 3. The van der Waals surface area contributed by atoms with Crippen LogP contribution >= 0.6 is 24.2 Å². The first-order valence-corrected chi connectivity index (χ1v) is 5.92. The molecule has 1 aliphatic rings. The quantitative estimate of drug-likeness (QED) is 0.598. The Hall–Kier alpha value is -0.870. The Kier molecular flexibility index (Phi) is 3.04. The monoisotopic (exact) mass is 256 g/mol. The summed E-state index contributed by atoms with van der Waals surface area (Å²) in [5, 5.41) is 0.707. The van der Waals surface area contributed by atoms with Gasteiger partial charge in [0.25, 0.3) is 0 Å². The van der Waals surface area contributed by atoms with E-state index in [-0.39, 0.29) is 11.2 Å². The molecule has 1 heterocycles. The van der Waals surface area contributed by atoms with Gasteiger partial charge in [0.05, 0.1) is 11.4 Å². The first kappa shape index (κ1) is 11.6. The molecule has 0 saturated carbocycles. The summed E-state index contributed by atoms with van der Waals surface area (Å²) in [6, 6.07) is 3.53. The maximum Gasteiger partial charge on any atom is 0.228 e. The lowest BCUT2D eigenvalue weighted by atomic mass is 10.2. The van der Waals surface area contributed by atoms with Gasteiger partial charge >= 0.3 is 0 Å². The Morgan fingerprint density at radius 1 is 1.56 bits per heavy atom. The van der Waals surface area contributed by atoms with Gasteiger partial charge in [0, 0.05) is 23.2 Å². The van der Waals surface area contributed by atoms with Crippen LogP contribution in [0.2, 0.25) is 5.02 Å². The molecule has 5 heteroatoms. The molecule has 86 valence electrons. The number of amides is 1. The summed E-state index contributed by atoms with van der Waals surface area (Å²) < 4.78 is 0. The van der Waals surface area contributed by atoms with E-state index in [9.17, 15) is 4.79 Å². The highest BCUT2D eigenvalue weighted by atomic mass is 35.5. The molecule has 16 heavy (non-hydrogen) atoms. The lowest BCUT2D eigenvalue weighted by molar-refractivity contribution is -0.117. The summed E-state index contributed by atoms with van der Waals surface area (Å²) in [4.78, 5) is 13.4. The highest BCUT2D eigenvalue weighted by Gasteiger charge is 2.29. The zero-order valence-electron chi connectivity index (χ0n) is 8.90. The van der Waals surface area contributed by atoms with Gasteiger partial charge in [-0.25, -0.2) is 0 Å². The molecule has 1 aliphatic heterocycles. The van der Waals surface area contributed by atoms with E-state index in [0.29, 0.717) is 23.7 Å². The van der Waals surface area contributed by atoms with E-state index in [1.807, 2.05) is 13.0 Å². The summed E-state index contributed by atoms with van der Waals surface area (Å²) in [5.74, 6) is 0.0634. The fourth-order valence-corrected chi connectivity index (χ4v) is 2.33. The normalized spacial score (nSPS) is 20.6. The van der Waals surface area contributed by atoms with Crippen molar-refractivity contribution >= 4 is 41.5 Å². The summed E-state index contributed by atoms with van der Waals surface area (Å²) >= 11 is 10.3. The van der Waals surface area contributed by atoms with Crippen LogP contribution in [-0.4, -0.2) is 17.7 Å². The molecule has 2 N–H and O–H groups in total. The van der Waals surface area contributed by atoms with Gasteiger partial charge in [-0.05, 0) is 24.6 Å². The maximum absolute atomic E-state index is 11.7. The average Bonchev–Trinajstić information content (AvgIpc) is 2.51. The predicted octanol–water partition coefficient (Wildman–Crippen LogP) is 2.27. The van der Waals surface area contributed by atoms with E-state index in [1.54, 1.807) is 11.0 Å². The van der Waals surface area contributed by atoms with Crippen molar-refractivity contribution in [2.75, 3.05) is 17.2 Å². The smallest absolute Gasteiger partial charge is 0.228 e. The van der Waals surface area contributed by atoms with Crippen LogP contribution in [0.25, 0.3) is 0 Å². The number of aryl methyl sites for hydroxylation is 1. The summed E-state index contributed by atoms with van der Waals surface area (Å²) in [6.45, 7) is 2.50. The minimum absolute atomic E-state index is 0.0634. The Labute approximate surface area is 105 Å². The molecule has 3 nitrogen and oxygen atoms in total. The first-order chi connectivity index (χ1) is 7.49. The topological polar surface area (TPSA) is 46.3 Å². The Morgan fingerprint density at radius 2 is 2.25 bits per heavy atom. The molecule has 2 rings (SSSR count). The Morgan fingerprint density at radius 3 is 2.81 bits per heavy atom. The van der Waals surface area contributed by atoms with Crippen LogP contribution in [0.3, 0.4) is 0 Å². The lowest BCUT2D eigenvalue weighted by Crippen LogP contribution is -2.25. The summed E-state index contributed by atoms with van der Waals surface area (Å²) in [7, 11) is 0. The van der Waals surface area contributed by atoms with Crippen molar-refractivity contribution in [1.82, 2.24) is 0 Å². The zero-order chi connectivity index (χ0) is 11.9. The average molecular weight is 257 g/mol. The van der Waals surface area contributed by atoms with Gasteiger partial charge in [-0.2, -0.15) is 12.6 Å². The van der Waals surface area contributed by atoms with Crippen molar-refractivity contribution in [2.24, 2.45) is 0 Å². The predicted molar refractivity (Wildman–Crippen MR) is 70.3 cm³/mol. The van der Waals surface area contributed by atoms with Crippen LogP contribution in [-0.2, 0) is 4.79 Å². The Balaban J connectivity index is 2.41. The fraction of sp³-hybridized carbons (Fsp3) is 0.364. The highest BCUT2D eigenvalue weighted by molar-refractivity contribution is 7.81. The number of nitrogens with two attached hydrogens (primary N) is 1. The van der Waals surface area contributed by atoms with Gasteiger partial charge in [-0.3, -0.25) is 4.79 Å². The molecule has 1 saturated heterocycles. The number of halogens is 1. The third kappa shape index (κ3) is 1.99.